The summed E-state index contributed by atoms with van der Waals surface area (Å²) in [6, 6.07) is 3.72. The first kappa shape index (κ1) is 14.4. The van der Waals surface area contributed by atoms with E-state index >= 15 is 0 Å². The zero-order valence-electron chi connectivity index (χ0n) is 11.4. The van der Waals surface area contributed by atoms with E-state index in [0.717, 1.165) is 5.56 Å². The second kappa shape index (κ2) is 6.35. The predicted molar refractivity (Wildman–Crippen MR) is 70.4 cm³/mol. The zero-order chi connectivity index (χ0) is 13.6. The molecule has 1 aromatic rings. The summed E-state index contributed by atoms with van der Waals surface area (Å²) in [5.74, 6) is 0.577. The number of aromatic nitrogens is 1. The predicted octanol–water partition coefficient (Wildman–Crippen LogP) is 1.09. The van der Waals surface area contributed by atoms with Crippen molar-refractivity contribution < 1.29 is 9.53 Å². The van der Waals surface area contributed by atoms with Crippen LogP contribution in [0.5, 0.6) is 5.88 Å². The number of hydrogen-bond donors (Lipinski definition) is 2. The minimum atomic E-state index is -0.194. The summed E-state index contributed by atoms with van der Waals surface area (Å²) in [6.07, 6.45) is 1.73. The van der Waals surface area contributed by atoms with Gasteiger partial charge in [-0.1, -0.05) is 6.07 Å². The molecule has 5 heteroatoms. The first-order chi connectivity index (χ1) is 8.40. The average molecular weight is 251 g/mol. The van der Waals surface area contributed by atoms with Crippen LogP contribution in [-0.2, 0) is 11.3 Å². The van der Waals surface area contributed by atoms with Crippen molar-refractivity contribution in [2.45, 2.75) is 32.9 Å². The van der Waals surface area contributed by atoms with Crippen molar-refractivity contribution >= 4 is 5.91 Å². The third-order valence-corrected chi connectivity index (χ3v) is 2.14. The smallest absolute Gasteiger partial charge is 0.234 e. The number of nitrogens with zero attached hydrogens (tertiary/aromatic N) is 1. The SMILES string of the molecule is COc1ccc(CNCC(=O)NC(C)(C)C)cn1. The molecule has 1 rings (SSSR count). The molecular formula is C13H21N3O2. The van der Waals surface area contributed by atoms with E-state index in [9.17, 15) is 4.79 Å². The Morgan fingerprint density at radius 1 is 1.39 bits per heavy atom. The molecule has 0 saturated carbocycles. The molecule has 0 aliphatic rings. The van der Waals surface area contributed by atoms with Crippen LogP contribution >= 0.6 is 0 Å². The van der Waals surface area contributed by atoms with Crippen LogP contribution in [-0.4, -0.2) is 30.1 Å². The molecule has 100 valence electrons. The van der Waals surface area contributed by atoms with E-state index in [1.54, 1.807) is 19.4 Å². The Bertz CT molecular complexity index is 382. The van der Waals surface area contributed by atoms with E-state index in [1.165, 1.54) is 0 Å². The molecule has 0 bridgehead atoms. The summed E-state index contributed by atoms with van der Waals surface area (Å²) in [4.78, 5) is 15.6. The summed E-state index contributed by atoms with van der Waals surface area (Å²) in [5.41, 5.74) is 0.819. The van der Waals surface area contributed by atoms with Gasteiger partial charge in [0.25, 0.3) is 0 Å². The van der Waals surface area contributed by atoms with Gasteiger partial charge in [-0.2, -0.15) is 0 Å². The Morgan fingerprint density at radius 2 is 2.11 bits per heavy atom. The first-order valence-electron chi connectivity index (χ1n) is 5.91. The molecule has 1 aromatic heterocycles. The van der Waals surface area contributed by atoms with E-state index in [1.807, 2.05) is 26.8 Å². The van der Waals surface area contributed by atoms with Gasteiger partial charge in [0.05, 0.1) is 13.7 Å². The maximum absolute atomic E-state index is 11.5. The molecule has 18 heavy (non-hydrogen) atoms. The number of carbonyl (C=O) groups is 1. The minimum absolute atomic E-state index is 0.0102. The van der Waals surface area contributed by atoms with E-state index in [2.05, 4.69) is 15.6 Å². The summed E-state index contributed by atoms with van der Waals surface area (Å²) in [7, 11) is 1.58. The van der Waals surface area contributed by atoms with Gasteiger partial charge in [0.15, 0.2) is 0 Å². The van der Waals surface area contributed by atoms with Gasteiger partial charge < -0.3 is 15.4 Å². The minimum Gasteiger partial charge on any atom is -0.481 e. The van der Waals surface area contributed by atoms with Gasteiger partial charge in [0.2, 0.25) is 11.8 Å². The number of amides is 1. The van der Waals surface area contributed by atoms with Crippen molar-refractivity contribution in [1.29, 1.82) is 0 Å². The van der Waals surface area contributed by atoms with Crippen LogP contribution in [0.25, 0.3) is 0 Å². The lowest BCUT2D eigenvalue weighted by molar-refractivity contribution is -0.121. The molecule has 0 saturated heterocycles. The first-order valence-corrected chi connectivity index (χ1v) is 5.91. The highest BCUT2D eigenvalue weighted by atomic mass is 16.5. The van der Waals surface area contributed by atoms with Gasteiger partial charge in [-0.15, -0.1) is 0 Å². The number of pyridine rings is 1. The van der Waals surface area contributed by atoms with Gasteiger partial charge in [-0.25, -0.2) is 4.98 Å². The topological polar surface area (TPSA) is 63.2 Å². The van der Waals surface area contributed by atoms with Gasteiger partial charge in [0.1, 0.15) is 0 Å². The second-order valence-electron chi connectivity index (χ2n) is 5.11. The Morgan fingerprint density at radius 3 is 2.61 bits per heavy atom. The number of rotatable bonds is 5. The van der Waals surface area contributed by atoms with Crippen molar-refractivity contribution in [1.82, 2.24) is 15.6 Å². The molecule has 2 N–H and O–H groups in total. The average Bonchev–Trinajstić information content (AvgIpc) is 2.27. The summed E-state index contributed by atoms with van der Waals surface area (Å²) >= 11 is 0. The lowest BCUT2D eigenvalue weighted by Gasteiger charge is -2.20. The van der Waals surface area contributed by atoms with Crippen LogP contribution < -0.4 is 15.4 Å². The fourth-order valence-corrected chi connectivity index (χ4v) is 1.42. The molecule has 1 amide bonds. The molecule has 0 radical (unpaired) electrons. The molecule has 0 aliphatic carbocycles. The Kier molecular flexibility index (Phi) is 5.09. The number of methoxy groups -OCH3 is 1. The molecule has 0 aliphatic heterocycles. The largest absolute Gasteiger partial charge is 0.481 e. The highest BCUT2D eigenvalue weighted by molar-refractivity contribution is 5.78. The maximum atomic E-state index is 11.5. The van der Waals surface area contributed by atoms with Crippen LogP contribution in [0.4, 0.5) is 0 Å². The van der Waals surface area contributed by atoms with Crippen molar-refractivity contribution in [2.24, 2.45) is 0 Å². The molecule has 0 spiro atoms. The van der Waals surface area contributed by atoms with Crippen LogP contribution in [0.15, 0.2) is 18.3 Å². The molecule has 0 aromatic carbocycles. The molecule has 0 atom stereocenters. The number of nitrogens with one attached hydrogen (secondary N) is 2. The third kappa shape index (κ3) is 5.63. The van der Waals surface area contributed by atoms with Gasteiger partial charge in [-0.05, 0) is 26.3 Å². The highest BCUT2D eigenvalue weighted by Gasteiger charge is 2.12. The lowest BCUT2D eigenvalue weighted by atomic mass is 10.1. The molecule has 0 unspecified atom stereocenters. The van der Waals surface area contributed by atoms with E-state index in [0.29, 0.717) is 19.0 Å². The Hall–Kier alpha value is -1.62. The molecule has 1 heterocycles. The van der Waals surface area contributed by atoms with Crippen molar-refractivity contribution in [2.75, 3.05) is 13.7 Å². The number of ether oxygens (including phenoxy) is 1. The van der Waals surface area contributed by atoms with Crippen LogP contribution in [0.2, 0.25) is 0 Å². The standard InChI is InChI=1S/C13H21N3O2/c1-13(2,3)16-11(17)9-14-7-10-5-6-12(18-4)15-8-10/h5-6,8,14H,7,9H2,1-4H3,(H,16,17). The number of hydrogen-bond acceptors (Lipinski definition) is 4. The van der Waals surface area contributed by atoms with Gasteiger partial charge >= 0.3 is 0 Å². The Balaban J connectivity index is 2.30. The molecule has 0 fully saturated rings. The van der Waals surface area contributed by atoms with Crippen molar-refractivity contribution in [3.05, 3.63) is 23.9 Å². The molecular weight excluding hydrogens is 230 g/mol. The van der Waals surface area contributed by atoms with E-state index in [4.69, 9.17) is 4.74 Å². The summed E-state index contributed by atoms with van der Waals surface area (Å²) in [5, 5.41) is 5.96. The van der Waals surface area contributed by atoms with Crippen LogP contribution in [0, 0.1) is 0 Å². The van der Waals surface area contributed by atoms with Crippen molar-refractivity contribution in [3.63, 3.8) is 0 Å². The van der Waals surface area contributed by atoms with E-state index in [-0.39, 0.29) is 11.4 Å². The van der Waals surface area contributed by atoms with Gasteiger partial charge in [-0.3, -0.25) is 4.79 Å². The fourth-order valence-electron chi connectivity index (χ4n) is 1.42. The maximum Gasteiger partial charge on any atom is 0.234 e. The number of carbonyl (C=O) groups excluding carboxylic acids is 1. The lowest BCUT2D eigenvalue weighted by Crippen LogP contribution is -2.44. The van der Waals surface area contributed by atoms with Crippen LogP contribution in [0.3, 0.4) is 0 Å². The molecule has 5 nitrogen and oxygen atoms in total. The monoisotopic (exact) mass is 251 g/mol. The summed E-state index contributed by atoms with van der Waals surface area (Å²) in [6.45, 7) is 6.77. The quantitative estimate of drug-likeness (QED) is 0.822. The zero-order valence-corrected chi connectivity index (χ0v) is 11.4. The van der Waals surface area contributed by atoms with Crippen LogP contribution in [0.1, 0.15) is 26.3 Å². The fraction of sp³-hybridized carbons (Fsp3) is 0.538. The normalized spacial score (nSPS) is 11.1. The van der Waals surface area contributed by atoms with Gasteiger partial charge in [0, 0.05) is 24.3 Å². The van der Waals surface area contributed by atoms with E-state index < -0.39 is 0 Å². The summed E-state index contributed by atoms with van der Waals surface area (Å²) < 4.78 is 4.97. The Labute approximate surface area is 108 Å². The van der Waals surface area contributed by atoms with Crippen molar-refractivity contribution in [3.8, 4) is 5.88 Å². The highest BCUT2D eigenvalue weighted by Crippen LogP contribution is 2.06. The second-order valence-corrected chi connectivity index (χ2v) is 5.11. The third-order valence-electron chi connectivity index (χ3n) is 2.14.